The van der Waals surface area contributed by atoms with Crippen LogP contribution in [0.3, 0.4) is 0 Å². The second-order valence-corrected chi connectivity index (χ2v) is 4.02. The largest absolute Gasteiger partial charge is 0.503 e. The maximum absolute atomic E-state index is 10.6. The summed E-state index contributed by atoms with van der Waals surface area (Å²) in [7, 11) is 0. The van der Waals surface area contributed by atoms with Crippen molar-refractivity contribution in [2.75, 3.05) is 6.61 Å². The first-order chi connectivity index (χ1) is 7.19. The van der Waals surface area contributed by atoms with Crippen LogP contribution in [0, 0.1) is 0 Å². The Kier molecular flexibility index (Phi) is 4.62. The fraction of sp³-hybridized carbons (Fsp3) is 0.364. The summed E-state index contributed by atoms with van der Waals surface area (Å²) in [6.07, 6.45) is 2.66. The smallest absolute Gasteiger partial charge is 0.172 e. The minimum atomic E-state index is 0.0386. The molecule has 1 rings (SSSR count). The van der Waals surface area contributed by atoms with Crippen LogP contribution in [0.15, 0.2) is 16.6 Å². The van der Waals surface area contributed by atoms with Gasteiger partial charge in [-0.25, -0.2) is 0 Å². The van der Waals surface area contributed by atoms with Crippen molar-refractivity contribution in [3.8, 4) is 11.5 Å². The molecule has 3 nitrogen and oxygen atoms in total. The van der Waals surface area contributed by atoms with E-state index in [1.54, 1.807) is 6.07 Å². The van der Waals surface area contributed by atoms with Crippen LogP contribution in [-0.4, -0.2) is 18.0 Å². The topological polar surface area (TPSA) is 46.5 Å². The molecule has 0 heterocycles. The molecule has 0 fully saturated rings. The first kappa shape index (κ1) is 12.0. The number of hydrogen-bond acceptors (Lipinski definition) is 3. The highest BCUT2D eigenvalue weighted by Crippen LogP contribution is 2.35. The van der Waals surface area contributed by atoms with Gasteiger partial charge in [-0.3, -0.25) is 4.79 Å². The van der Waals surface area contributed by atoms with E-state index >= 15 is 0 Å². The number of halogens is 1. The van der Waals surface area contributed by atoms with Crippen molar-refractivity contribution >= 4 is 22.2 Å². The van der Waals surface area contributed by atoms with Gasteiger partial charge in [0.25, 0.3) is 0 Å². The van der Waals surface area contributed by atoms with E-state index in [1.807, 2.05) is 0 Å². The summed E-state index contributed by atoms with van der Waals surface area (Å²) in [6, 6.07) is 3.08. The number of ether oxygens (including phenoxy) is 1. The number of aromatic hydroxyl groups is 1. The summed E-state index contributed by atoms with van der Waals surface area (Å²) < 4.78 is 5.83. The molecule has 0 unspecified atom stereocenters. The SMILES string of the molecule is CCCCOc1cc(C=O)cc(Br)c1O. The van der Waals surface area contributed by atoms with Gasteiger partial charge in [-0.15, -0.1) is 0 Å². The summed E-state index contributed by atoms with van der Waals surface area (Å²) >= 11 is 3.16. The van der Waals surface area contributed by atoms with Gasteiger partial charge in [-0.05, 0) is 34.5 Å². The van der Waals surface area contributed by atoms with Crippen LogP contribution in [0.1, 0.15) is 30.1 Å². The molecule has 4 heteroatoms. The lowest BCUT2D eigenvalue weighted by Gasteiger charge is -2.09. The van der Waals surface area contributed by atoms with Gasteiger partial charge in [-0.2, -0.15) is 0 Å². The molecule has 15 heavy (non-hydrogen) atoms. The quantitative estimate of drug-likeness (QED) is 0.662. The lowest BCUT2D eigenvalue weighted by Crippen LogP contribution is -1.97. The van der Waals surface area contributed by atoms with Gasteiger partial charge < -0.3 is 9.84 Å². The maximum Gasteiger partial charge on any atom is 0.172 e. The van der Waals surface area contributed by atoms with Crippen molar-refractivity contribution in [3.63, 3.8) is 0 Å². The minimum Gasteiger partial charge on any atom is -0.503 e. The van der Waals surface area contributed by atoms with Crippen LogP contribution in [0.2, 0.25) is 0 Å². The Morgan fingerprint density at radius 2 is 2.27 bits per heavy atom. The predicted octanol–water partition coefficient (Wildman–Crippen LogP) is 3.15. The van der Waals surface area contributed by atoms with Crippen LogP contribution in [-0.2, 0) is 0 Å². The highest BCUT2D eigenvalue weighted by atomic mass is 79.9. The Morgan fingerprint density at radius 3 is 2.87 bits per heavy atom. The third kappa shape index (κ3) is 3.23. The number of phenolic OH excluding ortho intramolecular Hbond substituents is 1. The summed E-state index contributed by atoms with van der Waals surface area (Å²) in [5, 5.41) is 9.63. The number of unbranched alkanes of at least 4 members (excludes halogenated alkanes) is 1. The molecule has 0 amide bonds. The van der Waals surface area contributed by atoms with E-state index in [-0.39, 0.29) is 5.75 Å². The molecule has 0 bridgehead atoms. The summed E-state index contributed by atoms with van der Waals surface area (Å²) in [4.78, 5) is 10.6. The van der Waals surface area contributed by atoms with Crippen molar-refractivity contribution in [2.45, 2.75) is 19.8 Å². The van der Waals surface area contributed by atoms with E-state index in [2.05, 4.69) is 22.9 Å². The van der Waals surface area contributed by atoms with Gasteiger partial charge >= 0.3 is 0 Å². The van der Waals surface area contributed by atoms with Crippen molar-refractivity contribution in [1.29, 1.82) is 0 Å². The van der Waals surface area contributed by atoms with Crippen LogP contribution in [0.25, 0.3) is 0 Å². The summed E-state index contributed by atoms with van der Waals surface area (Å²) in [6.45, 7) is 2.60. The molecular formula is C11H13BrO3. The standard InChI is InChI=1S/C11H13BrO3/c1-2-3-4-15-10-6-8(7-13)5-9(12)11(10)14/h5-7,14H,2-4H2,1H3. The van der Waals surface area contributed by atoms with Crippen molar-refractivity contribution in [2.24, 2.45) is 0 Å². The lowest BCUT2D eigenvalue weighted by molar-refractivity contribution is 0.112. The second-order valence-electron chi connectivity index (χ2n) is 3.17. The normalized spacial score (nSPS) is 10.0. The van der Waals surface area contributed by atoms with Crippen LogP contribution in [0.4, 0.5) is 0 Å². The molecular weight excluding hydrogens is 260 g/mol. The van der Waals surface area contributed by atoms with E-state index in [0.717, 1.165) is 19.1 Å². The number of carbonyl (C=O) groups excluding carboxylic acids is 1. The van der Waals surface area contributed by atoms with Gasteiger partial charge in [-0.1, -0.05) is 13.3 Å². The van der Waals surface area contributed by atoms with E-state index < -0.39 is 0 Å². The number of rotatable bonds is 5. The van der Waals surface area contributed by atoms with Gasteiger partial charge in [0.1, 0.15) is 6.29 Å². The molecule has 0 aromatic heterocycles. The fourth-order valence-corrected chi connectivity index (χ4v) is 1.56. The predicted molar refractivity (Wildman–Crippen MR) is 61.6 cm³/mol. The molecule has 0 radical (unpaired) electrons. The molecule has 1 N–H and O–H groups in total. The number of phenols is 1. The third-order valence-corrected chi connectivity index (χ3v) is 2.55. The molecule has 1 aromatic rings. The Hall–Kier alpha value is -1.03. The first-order valence-electron chi connectivity index (χ1n) is 4.79. The van der Waals surface area contributed by atoms with Crippen LogP contribution in [0.5, 0.6) is 11.5 Å². The zero-order chi connectivity index (χ0) is 11.3. The Morgan fingerprint density at radius 1 is 1.53 bits per heavy atom. The maximum atomic E-state index is 10.6. The zero-order valence-electron chi connectivity index (χ0n) is 8.50. The number of benzene rings is 1. The summed E-state index contributed by atoms with van der Waals surface area (Å²) in [5.41, 5.74) is 0.478. The van der Waals surface area contributed by atoms with Crippen LogP contribution >= 0.6 is 15.9 Å². The average Bonchev–Trinajstić information content (AvgIpc) is 2.24. The van der Waals surface area contributed by atoms with E-state index in [1.165, 1.54) is 6.07 Å². The Bertz CT molecular complexity index is 350. The molecule has 82 valence electrons. The highest BCUT2D eigenvalue weighted by Gasteiger charge is 2.08. The third-order valence-electron chi connectivity index (χ3n) is 1.94. The van der Waals surface area contributed by atoms with Crippen molar-refractivity contribution in [3.05, 3.63) is 22.2 Å². The van der Waals surface area contributed by atoms with Gasteiger partial charge in [0, 0.05) is 5.56 Å². The molecule has 0 atom stereocenters. The molecule has 0 aliphatic rings. The zero-order valence-corrected chi connectivity index (χ0v) is 10.1. The van der Waals surface area contributed by atoms with E-state index in [4.69, 9.17) is 4.74 Å². The molecule has 1 aromatic carbocycles. The minimum absolute atomic E-state index is 0.0386. The number of carbonyl (C=O) groups is 1. The fourth-order valence-electron chi connectivity index (χ4n) is 1.10. The second kappa shape index (κ2) is 5.75. The van der Waals surface area contributed by atoms with Gasteiger partial charge in [0.05, 0.1) is 11.1 Å². The highest BCUT2D eigenvalue weighted by molar-refractivity contribution is 9.10. The average molecular weight is 273 g/mol. The van der Waals surface area contributed by atoms with Crippen LogP contribution < -0.4 is 4.74 Å². The Balaban J connectivity index is 2.85. The van der Waals surface area contributed by atoms with Gasteiger partial charge in [0.2, 0.25) is 0 Å². The van der Waals surface area contributed by atoms with Crippen molar-refractivity contribution < 1.29 is 14.6 Å². The van der Waals surface area contributed by atoms with Gasteiger partial charge in [0.15, 0.2) is 11.5 Å². The number of aldehydes is 1. The molecule has 0 aliphatic heterocycles. The lowest BCUT2D eigenvalue weighted by atomic mass is 10.2. The van der Waals surface area contributed by atoms with E-state index in [0.29, 0.717) is 22.4 Å². The molecule has 0 saturated heterocycles. The Labute approximate surface area is 97.2 Å². The van der Waals surface area contributed by atoms with Crippen molar-refractivity contribution in [1.82, 2.24) is 0 Å². The summed E-state index contributed by atoms with van der Waals surface area (Å²) in [5.74, 6) is 0.386. The molecule has 0 spiro atoms. The first-order valence-corrected chi connectivity index (χ1v) is 5.58. The monoisotopic (exact) mass is 272 g/mol. The molecule has 0 aliphatic carbocycles. The number of hydrogen-bond donors (Lipinski definition) is 1. The van der Waals surface area contributed by atoms with E-state index in [9.17, 15) is 9.90 Å². The molecule has 0 saturated carbocycles.